The number of nitrogens with zero attached hydrogens (tertiary/aromatic N) is 2. The lowest BCUT2D eigenvalue weighted by molar-refractivity contribution is -0.131. The summed E-state index contributed by atoms with van der Waals surface area (Å²) in [6.45, 7) is 2.33. The summed E-state index contributed by atoms with van der Waals surface area (Å²) >= 11 is 6.11. The zero-order chi connectivity index (χ0) is 19.4. The van der Waals surface area contributed by atoms with E-state index in [1.165, 1.54) is 12.1 Å². The van der Waals surface area contributed by atoms with Crippen molar-refractivity contribution in [1.82, 2.24) is 4.90 Å². The maximum Gasteiger partial charge on any atom is 0.335 e. The standard InChI is InChI=1S/C20H20ClFN2O3/c21-17-13-15(22)6-7-18(17)23-9-11-24(12-10-23)19(25)8-5-14-3-1-2-4-16(14)20(26)27/h1-4,6-7,13H,5,8-12H2,(H,26,27). The molecule has 1 aliphatic rings. The topological polar surface area (TPSA) is 60.9 Å². The van der Waals surface area contributed by atoms with Crippen LogP contribution in [0.3, 0.4) is 0 Å². The van der Waals surface area contributed by atoms with Gasteiger partial charge in [-0.2, -0.15) is 0 Å². The second-order valence-corrected chi connectivity index (χ2v) is 6.83. The highest BCUT2D eigenvalue weighted by molar-refractivity contribution is 6.33. The van der Waals surface area contributed by atoms with Crippen LogP contribution in [-0.4, -0.2) is 48.1 Å². The van der Waals surface area contributed by atoms with Gasteiger partial charge >= 0.3 is 5.97 Å². The number of hydrogen-bond acceptors (Lipinski definition) is 3. The van der Waals surface area contributed by atoms with E-state index in [1.54, 1.807) is 35.2 Å². The van der Waals surface area contributed by atoms with Crippen LogP contribution in [0, 0.1) is 5.82 Å². The number of carboxylic acid groups (broad SMARTS) is 1. The molecular formula is C20H20ClFN2O3. The molecular weight excluding hydrogens is 371 g/mol. The molecule has 2 aromatic rings. The number of aromatic carboxylic acids is 1. The van der Waals surface area contributed by atoms with Gasteiger partial charge in [-0.05, 0) is 36.2 Å². The highest BCUT2D eigenvalue weighted by atomic mass is 35.5. The number of aryl methyl sites for hydroxylation is 1. The number of piperazine rings is 1. The van der Waals surface area contributed by atoms with E-state index in [9.17, 15) is 19.1 Å². The Morgan fingerprint density at radius 3 is 2.44 bits per heavy atom. The minimum absolute atomic E-state index is 0.0000416. The predicted octanol–water partition coefficient (Wildman–Crippen LogP) is 3.46. The van der Waals surface area contributed by atoms with Crippen molar-refractivity contribution in [2.45, 2.75) is 12.8 Å². The van der Waals surface area contributed by atoms with Crippen molar-refractivity contribution in [3.05, 3.63) is 64.4 Å². The second-order valence-electron chi connectivity index (χ2n) is 6.43. The highest BCUT2D eigenvalue weighted by Crippen LogP contribution is 2.27. The van der Waals surface area contributed by atoms with E-state index in [2.05, 4.69) is 0 Å². The van der Waals surface area contributed by atoms with Crippen molar-refractivity contribution in [3.63, 3.8) is 0 Å². The van der Waals surface area contributed by atoms with E-state index in [4.69, 9.17) is 11.6 Å². The molecule has 0 aliphatic carbocycles. The summed E-state index contributed by atoms with van der Waals surface area (Å²) in [6, 6.07) is 11.1. The number of amides is 1. The fourth-order valence-electron chi connectivity index (χ4n) is 3.28. The molecule has 0 saturated carbocycles. The second kappa shape index (κ2) is 8.39. The number of rotatable bonds is 5. The van der Waals surface area contributed by atoms with Gasteiger partial charge in [-0.1, -0.05) is 29.8 Å². The van der Waals surface area contributed by atoms with Crippen molar-refractivity contribution in [2.75, 3.05) is 31.1 Å². The summed E-state index contributed by atoms with van der Waals surface area (Å²) in [6.07, 6.45) is 0.660. The summed E-state index contributed by atoms with van der Waals surface area (Å²) in [4.78, 5) is 27.6. The van der Waals surface area contributed by atoms with E-state index in [1.807, 2.05) is 4.90 Å². The van der Waals surface area contributed by atoms with E-state index in [0.717, 1.165) is 5.69 Å². The van der Waals surface area contributed by atoms with Gasteiger partial charge in [0.05, 0.1) is 16.3 Å². The smallest absolute Gasteiger partial charge is 0.335 e. The average Bonchev–Trinajstić information content (AvgIpc) is 2.66. The first-order valence-corrected chi connectivity index (χ1v) is 9.12. The van der Waals surface area contributed by atoms with Gasteiger partial charge in [0.15, 0.2) is 0 Å². The van der Waals surface area contributed by atoms with Crippen LogP contribution in [0.4, 0.5) is 10.1 Å². The highest BCUT2D eigenvalue weighted by Gasteiger charge is 2.22. The number of halogens is 2. The molecule has 27 heavy (non-hydrogen) atoms. The molecule has 1 heterocycles. The van der Waals surface area contributed by atoms with Crippen LogP contribution in [0.15, 0.2) is 42.5 Å². The summed E-state index contributed by atoms with van der Waals surface area (Å²) in [5.41, 5.74) is 1.66. The van der Waals surface area contributed by atoms with Crippen LogP contribution >= 0.6 is 11.6 Å². The predicted molar refractivity (Wildman–Crippen MR) is 102 cm³/mol. The quantitative estimate of drug-likeness (QED) is 0.849. The molecule has 0 bridgehead atoms. The number of benzene rings is 2. The van der Waals surface area contributed by atoms with Crippen LogP contribution in [0.5, 0.6) is 0 Å². The Balaban J connectivity index is 1.55. The molecule has 1 fully saturated rings. The number of carbonyl (C=O) groups is 2. The Kier molecular flexibility index (Phi) is 5.96. The SMILES string of the molecule is O=C(O)c1ccccc1CCC(=O)N1CCN(c2ccc(F)cc2Cl)CC1. The first-order valence-electron chi connectivity index (χ1n) is 8.74. The molecule has 5 nitrogen and oxygen atoms in total. The van der Waals surface area contributed by atoms with Gasteiger partial charge in [-0.15, -0.1) is 0 Å². The first-order chi connectivity index (χ1) is 13.0. The summed E-state index contributed by atoms with van der Waals surface area (Å²) in [5, 5.41) is 9.58. The molecule has 1 N–H and O–H groups in total. The van der Waals surface area contributed by atoms with Gasteiger partial charge < -0.3 is 14.9 Å². The van der Waals surface area contributed by atoms with Gasteiger partial charge in [0.2, 0.25) is 5.91 Å². The van der Waals surface area contributed by atoms with Crippen molar-refractivity contribution >= 4 is 29.2 Å². The van der Waals surface area contributed by atoms with Crippen molar-refractivity contribution in [2.24, 2.45) is 0 Å². The van der Waals surface area contributed by atoms with Gasteiger partial charge in [0.25, 0.3) is 0 Å². The lowest BCUT2D eigenvalue weighted by atomic mass is 10.0. The molecule has 2 aromatic carbocycles. The van der Waals surface area contributed by atoms with Crippen molar-refractivity contribution in [3.8, 4) is 0 Å². The average molecular weight is 391 g/mol. The minimum atomic E-state index is -0.983. The zero-order valence-electron chi connectivity index (χ0n) is 14.7. The Morgan fingerprint density at radius 2 is 1.78 bits per heavy atom. The number of anilines is 1. The monoisotopic (exact) mass is 390 g/mol. The molecule has 3 rings (SSSR count). The minimum Gasteiger partial charge on any atom is -0.478 e. The Hall–Kier alpha value is -2.60. The Labute approximate surface area is 162 Å². The van der Waals surface area contributed by atoms with Gasteiger partial charge in [-0.25, -0.2) is 9.18 Å². The Morgan fingerprint density at radius 1 is 1.07 bits per heavy atom. The molecule has 0 radical (unpaired) electrons. The van der Waals surface area contributed by atoms with E-state index < -0.39 is 5.97 Å². The molecule has 0 spiro atoms. The number of hydrogen-bond donors (Lipinski definition) is 1. The number of carboxylic acids is 1. The van der Waals surface area contributed by atoms with Crippen LogP contribution in [-0.2, 0) is 11.2 Å². The van der Waals surface area contributed by atoms with Gasteiger partial charge in [0, 0.05) is 32.6 Å². The molecule has 142 valence electrons. The first kappa shape index (κ1) is 19.2. The van der Waals surface area contributed by atoms with Gasteiger partial charge in [0.1, 0.15) is 5.82 Å². The summed E-state index contributed by atoms with van der Waals surface area (Å²) in [5.74, 6) is -1.36. The van der Waals surface area contributed by atoms with Crippen molar-refractivity contribution in [1.29, 1.82) is 0 Å². The summed E-state index contributed by atoms with van der Waals surface area (Å²) in [7, 11) is 0. The van der Waals surface area contributed by atoms with Crippen LogP contribution in [0.1, 0.15) is 22.3 Å². The third-order valence-electron chi connectivity index (χ3n) is 4.74. The van der Waals surface area contributed by atoms with E-state index in [-0.39, 0.29) is 23.7 Å². The fourth-order valence-corrected chi connectivity index (χ4v) is 3.57. The normalized spacial score (nSPS) is 14.3. The zero-order valence-corrected chi connectivity index (χ0v) is 15.5. The molecule has 0 aromatic heterocycles. The van der Waals surface area contributed by atoms with Crippen LogP contribution in [0.25, 0.3) is 0 Å². The molecule has 7 heteroatoms. The number of carbonyl (C=O) groups excluding carboxylic acids is 1. The molecule has 0 unspecified atom stereocenters. The largest absolute Gasteiger partial charge is 0.478 e. The molecule has 1 aliphatic heterocycles. The van der Waals surface area contributed by atoms with E-state index in [0.29, 0.717) is 43.2 Å². The van der Waals surface area contributed by atoms with Crippen molar-refractivity contribution < 1.29 is 19.1 Å². The third-order valence-corrected chi connectivity index (χ3v) is 5.04. The maximum atomic E-state index is 13.2. The van der Waals surface area contributed by atoms with Crippen LogP contribution < -0.4 is 4.90 Å². The maximum absolute atomic E-state index is 13.2. The Bertz CT molecular complexity index is 851. The molecule has 0 atom stereocenters. The van der Waals surface area contributed by atoms with Crippen LogP contribution in [0.2, 0.25) is 5.02 Å². The summed E-state index contributed by atoms with van der Waals surface area (Å²) < 4.78 is 13.2. The lowest BCUT2D eigenvalue weighted by Crippen LogP contribution is -2.49. The third kappa shape index (κ3) is 4.57. The lowest BCUT2D eigenvalue weighted by Gasteiger charge is -2.36. The van der Waals surface area contributed by atoms with Gasteiger partial charge in [-0.3, -0.25) is 4.79 Å². The van der Waals surface area contributed by atoms with E-state index >= 15 is 0 Å². The molecule has 1 saturated heterocycles. The fraction of sp³-hybridized carbons (Fsp3) is 0.300. The molecule has 1 amide bonds.